The smallest absolute Gasteiger partial charge is 0.192 e. The Balaban J connectivity index is 0.00000300. The van der Waals surface area contributed by atoms with Crippen LogP contribution in [0.3, 0.4) is 0 Å². The van der Waals surface area contributed by atoms with Gasteiger partial charge in [0.15, 0.2) is 11.8 Å². The first-order valence-electron chi connectivity index (χ1n) is 9.19. The number of nitrogens with zero attached hydrogens (tertiary/aromatic N) is 4. The number of hydrogen-bond acceptors (Lipinski definition) is 3. The van der Waals surface area contributed by atoms with Gasteiger partial charge in [-0.2, -0.15) is 0 Å². The highest BCUT2D eigenvalue weighted by Crippen LogP contribution is 2.10. The van der Waals surface area contributed by atoms with Gasteiger partial charge in [-0.25, -0.2) is 9.38 Å². The van der Waals surface area contributed by atoms with Crippen molar-refractivity contribution in [3.63, 3.8) is 0 Å². The van der Waals surface area contributed by atoms with Gasteiger partial charge < -0.3 is 15.2 Å². The molecule has 0 saturated heterocycles. The highest BCUT2D eigenvalue weighted by Gasteiger charge is 2.07. The molecule has 0 fully saturated rings. The van der Waals surface area contributed by atoms with Crippen LogP contribution in [0.2, 0.25) is 0 Å². The largest absolute Gasteiger partial charge is 0.352 e. The Bertz CT molecular complexity index is 955. The molecule has 8 heteroatoms. The van der Waals surface area contributed by atoms with Crippen molar-refractivity contribution in [2.24, 2.45) is 12.0 Å². The molecule has 0 unspecified atom stereocenters. The second-order valence-corrected chi connectivity index (χ2v) is 6.66. The van der Waals surface area contributed by atoms with E-state index in [0.717, 1.165) is 22.8 Å². The standard InChI is InChI=1S/C21H25FN6.HI/c1-15-9-10-18(11-19(15)22)13-24-21(23-12-17-7-5-4-6-8-17)25-14-20-27-26-16(2)28(20)3;/h4-11H,12-14H2,1-3H3,(H2,23,24,25);1H. The summed E-state index contributed by atoms with van der Waals surface area (Å²) < 4.78 is 15.7. The predicted octanol–water partition coefficient (Wildman–Crippen LogP) is 3.62. The predicted molar refractivity (Wildman–Crippen MR) is 124 cm³/mol. The first-order chi connectivity index (χ1) is 13.5. The second kappa shape index (κ2) is 10.9. The van der Waals surface area contributed by atoms with E-state index < -0.39 is 0 Å². The van der Waals surface area contributed by atoms with Crippen LogP contribution in [0.25, 0.3) is 0 Å². The fourth-order valence-corrected chi connectivity index (χ4v) is 2.63. The minimum absolute atomic E-state index is 0. The van der Waals surface area contributed by atoms with Gasteiger partial charge in [0.25, 0.3) is 0 Å². The summed E-state index contributed by atoms with van der Waals surface area (Å²) in [7, 11) is 1.93. The van der Waals surface area contributed by atoms with E-state index >= 15 is 0 Å². The fourth-order valence-electron chi connectivity index (χ4n) is 2.63. The molecule has 0 radical (unpaired) electrons. The third-order valence-electron chi connectivity index (χ3n) is 4.56. The lowest BCUT2D eigenvalue weighted by Crippen LogP contribution is -2.37. The van der Waals surface area contributed by atoms with E-state index in [4.69, 9.17) is 0 Å². The Morgan fingerprint density at radius 2 is 1.72 bits per heavy atom. The fraction of sp³-hybridized carbons (Fsp3) is 0.286. The molecule has 0 bridgehead atoms. The number of guanidine groups is 1. The third-order valence-corrected chi connectivity index (χ3v) is 4.56. The van der Waals surface area contributed by atoms with Crippen LogP contribution >= 0.6 is 24.0 Å². The quantitative estimate of drug-likeness (QED) is 0.303. The molecule has 154 valence electrons. The maximum Gasteiger partial charge on any atom is 0.192 e. The van der Waals surface area contributed by atoms with Crippen molar-refractivity contribution in [1.29, 1.82) is 0 Å². The first kappa shape index (κ1) is 22.8. The maximum atomic E-state index is 13.8. The summed E-state index contributed by atoms with van der Waals surface area (Å²) >= 11 is 0. The molecular formula is C21H26FIN6. The van der Waals surface area contributed by atoms with Gasteiger partial charge in [-0.15, -0.1) is 34.2 Å². The van der Waals surface area contributed by atoms with Crippen molar-refractivity contribution in [3.05, 3.63) is 82.7 Å². The van der Waals surface area contributed by atoms with Crippen molar-refractivity contribution < 1.29 is 4.39 Å². The van der Waals surface area contributed by atoms with Crippen LogP contribution in [0.1, 0.15) is 28.3 Å². The Morgan fingerprint density at radius 3 is 2.38 bits per heavy atom. The molecule has 0 aliphatic carbocycles. The minimum Gasteiger partial charge on any atom is -0.352 e. The third kappa shape index (κ3) is 6.52. The monoisotopic (exact) mass is 508 g/mol. The second-order valence-electron chi connectivity index (χ2n) is 6.66. The molecule has 2 aromatic carbocycles. The van der Waals surface area contributed by atoms with Gasteiger partial charge in [-0.3, -0.25) is 0 Å². The van der Waals surface area contributed by atoms with Crippen LogP contribution in [-0.4, -0.2) is 20.7 Å². The normalized spacial score (nSPS) is 11.1. The lowest BCUT2D eigenvalue weighted by Gasteiger charge is -2.13. The first-order valence-corrected chi connectivity index (χ1v) is 9.19. The summed E-state index contributed by atoms with van der Waals surface area (Å²) in [6, 6.07) is 15.3. The molecule has 3 aromatic rings. The molecule has 29 heavy (non-hydrogen) atoms. The molecule has 0 aliphatic heterocycles. The zero-order valence-electron chi connectivity index (χ0n) is 16.8. The van der Waals surface area contributed by atoms with Crippen molar-refractivity contribution in [3.8, 4) is 0 Å². The van der Waals surface area contributed by atoms with Gasteiger partial charge in [0.05, 0.1) is 13.1 Å². The zero-order valence-corrected chi connectivity index (χ0v) is 19.1. The summed E-state index contributed by atoms with van der Waals surface area (Å²) in [5, 5.41) is 14.8. The van der Waals surface area contributed by atoms with Crippen LogP contribution in [-0.2, 0) is 26.7 Å². The van der Waals surface area contributed by atoms with E-state index in [-0.39, 0.29) is 29.8 Å². The lowest BCUT2D eigenvalue weighted by atomic mass is 10.1. The van der Waals surface area contributed by atoms with Crippen LogP contribution in [0.5, 0.6) is 0 Å². The molecule has 0 spiro atoms. The number of aromatic nitrogens is 3. The van der Waals surface area contributed by atoms with E-state index in [1.165, 1.54) is 6.07 Å². The van der Waals surface area contributed by atoms with E-state index in [1.807, 2.05) is 54.9 Å². The van der Waals surface area contributed by atoms with Crippen molar-refractivity contribution >= 4 is 29.9 Å². The summed E-state index contributed by atoms with van der Waals surface area (Å²) in [6.07, 6.45) is 0. The number of hydrogen-bond donors (Lipinski definition) is 2. The summed E-state index contributed by atoms with van der Waals surface area (Å²) in [5.74, 6) is 2.08. The summed E-state index contributed by atoms with van der Waals surface area (Å²) in [5.41, 5.74) is 2.59. The highest BCUT2D eigenvalue weighted by atomic mass is 127. The Labute approximate surface area is 187 Å². The van der Waals surface area contributed by atoms with E-state index in [2.05, 4.69) is 25.8 Å². The lowest BCUT2D eigenvalue weighted by molar-refractivity contribution is 0.616. The number of nitrogens with one attached hydrogen (secondary N) is 2. The van der Waals surface area contributed by atoms with Crippen molar-refractivity contribution in [2.45, 2.75) is 33.5 Å². The Hall–Kier alpha value is -2.49. The molecule has 1 aromatic heterocycles. The number of halogens is 2. The topological polar surface area (TPSA) is 67.1 Å². The molecule has 0 amide bonds. The average molecular weight is 508 g/mol. The van der Waals surface area contributed by atoms with Gasteiger partial charge in [-0.05, 0) is 36.6 Å². The van der Waals surface area contributed by atoms with Crippen molar-refractivity contribution in [2.75, 3.05) is 0 Å². The van der Waals surface area contributed by atoms with Gasteiger partial charge in [0, 0.05) is 13.6 Å². The summed E-state index contributed by atoms with van der Waals surface area (Å²) in [6.45, 7) is 5.15. The SMILES string of the molecule is Cc1ccc(CN=C(NCc2ccccc2)NCc2nnc(C)n2C)cc1F.I. The molecule has 1 heterocycles. The molecule has 0 aliphatic rings. The molecule has 2 N–H and O–H groups in total. The number of aliphatic imine (C=N–C) groups is 1. The molecule has 0 atom stereocenters. The maximum absolute atomic E-state index is 13.8. The van der Waals surface area contributed by atoms with Crippen LogP contribution < -0.4 is 10.6 Å². The molecule has 6 nitrogen and oxygen atoms in total. The van der Waals surface area contributed by atoms with E-state index in [1.54, 1.807) is 13.0 Å². The van der Waals surface area contributed by atoms with Gasteiger partial charge >= 0.3 is 0 Å². The minimum atomic E-state index is -0.214. The number of rotatable bonds is 6. The van der Waals surface area contributed by atoms with Crippen LogP contribution in [0.4, 0.5) is 4.39 Å². The summed E-state index contributed by atoms with van der Waals surface area (Å²) in [4.78, 5) is 4.60. The average Bonchev–Trinajstić information content (AvgIpc) is 3.03. The van der Waals surface area contributed by atoms with Crippen LogP contribution in [0, 0.1) is 19.7 Å². The van der Waals surface area contributed by atoms with E-state index in [9.17, 15) is 4.39 Å². The molecule has 3 rings (SSSR count). The Morgan fingerprint density at radius 1 is 1.00 bits per heavy atom. The van der Waals surface area contributed by atoms with Crippen molar-refractivity contribution in [1.82, 2.24) is 25.4 Å². The van der Waals surface area contributed by atoms with E-state index in [0.29, 0.717) is 31.2 Å². The van der Waals surface area contributed by atoms with Gasteiger partial charge in [0.2, 0.25) is 0 Å². The Kier molecular flexibility index (Phi) is 8.56. The molecule has 0 saturated carbocycles. The van der Waals surface area contributed by atoms with Gasteiger partial charge in [-0.1, -0.05) is 42.5 Å². The number of aryl methyl sites for hydroxylation is 2. The highest BCUT2D eigenvalue weighted by molar-refractivity contribution is 14.0. The number of benzene rings is 2. The zero-order chi connectivity index (χ0) is 19.9. The van der Waals surface area contributed by atoms with Crippen LogP contribution in [0.15, 0.2) is 53.5 Å². The molecular weight excluding hydrogens is 482 g/mol. The van der Waals surface area contributed by atoms with Gasteiger partial charge in [0.1, 0.15) is 11.6 Å².